The molecule has 1 fully saturated rings. The van der Waals surface area contributed by atoms with Crippen molar-refractivity contribution in [3.05, 3.63) is 76.2 Å². The summed E-state index contributed by atoms with van der Waals surface area (Å²) in [5.41, 5.74) is 2.96. The summed E-state index contributed by atoms with van der Waals surface area (Å²) in [7, 11) is 0. The van der Waals surface area contributed by atoms with Gasteiger partial charge in [0.25, 0.3) is 5.69 Å². The Bertz CT molecular complexity index is 1350. The summed E-state index contributed by atoms with van der Waals surface area (Å²) in [6.45, 7) is 12.7. The average Bonchev–Trinajstić information content (AvgIpc) is 3.44. The van der Waals surface area contributed by atoms with Crippen LogP contribution in [0.3, 0.4) is 0 Å². The van der Waals surface area contributed by atoms with Crippen LogP contribution in [-0.4, -0.2) is 27.0 Å². The minimum atomic E-state index is -0.393. The van der Waals surface area contributed by atoms with Gasteiger partial charge in [0.15, 0.2) is 0 Å². The molecule has 238 valence electrons. The highest BCUT2D eigenvalue weighted by Crippen LogP contribution is 2.40. The number of hydrogen-bond acceptors (Lipinski definition) is 5. The predicted octanol–water partition coefficient (Wildman–Crippen LogP) is 8.69. The molecule has 4 rings (SSSR count). The van der Waals surface area contributed by atoms with Crippen molar-refractivity contribution in [1.82, 2.24) is 14.9 Å². The number of nitrogens with one attached hydrogen (secondary N) is 1. The van der Waals surface area contributed by atoms with E-state index in [4.69, 9.17) is 9.72 Å². The molecule has 0 saturated heterocycles. The molecular formula is C36H50N4O4. The highest BCUT2D eigenvalue weighted by molar-refractivity contribution is 5.79. The van der Waals surface area contributed by atoms with Crippen LogP contribution in [0.2, 0.25) is 0 Å². The molecule has 0 bridgehead atoms. The fourth-order valence-electron chi connectivity index (χ4n) is 6.12. The van der Waals surface area contributed by atoms with Gasteiger partial charge >= 0.3 is 0 Å². The normalized spacial score (nSPS) is 17.7. The lowest BCUT2D eigenvalue weighted by atomic mass is 9.69. The van der Waals surface area contributed by atoms with Crippen molar-refractivity contribution in [2.24, 2.45) is 17.3 Å². The molecule has 8 nitrogen and oxygen atoms in total. The number of imidazole rings is 1. The fraction of sp³-hybridized carbons (Fsp3) is 0.556. The first kappa shape index (κ1) is 33.2. The average molecular weight is 603 g/mol. The first-order chi connectivity index (χ1) is 21.1. The van der Waals surface area contributed by atoms with Crippen LogP contribution in [0.15, 0.2) is 54.7 Å². The molecule has 1 aliphatic rings. The van der Waals surface area contributed by atoms with E-state index in [1.165, 1.54) is 12.1 Å². The predicted molar refractivity (Wildman–Crippen MR) is 176 cm³/mol. The van der Waals surface area contributed by atoms with E-state index in [1.54, 1.807) is 12.1 Å². The Hall–Kier alpha value is -3.68. The van der Waals surface area contributed by atoms with Gasteiger partial charge in [0.2, 0.25) is 5.91 Å². The molecule has 1 heterocycles. The third kappa shape index (κ3) is 8.93. The molecule has 2 aromatic carbocycles. The van der Waals surface area contributed by atoms with Crippen molar-refractivity contribution in [3.8, 4) is 17.0 Å². The molecule has 1 amide bonds. The third-order valence-corrected chi connectivity index (χ3v) is 9.01. The summed E-state index contributed by atoms with van der Waals surface area (Å²) < 4.78 is 8.03. The summed E-state index contributed by atoms with van der Waals surface area (Å²) in [4.78, 5) is 29.7. The zero-order valence-corrected chi connectivity index (χ0v) is 27.2. The molecule has 3 aromatic rings. The summed E-state index contributed by atoms with van der Waals surface area (Å²) in [5, 5.41) is 14.6. The SMILES string of the molecule is CCCCOc1ccc(C[C@H](NC(=O)C2CCC(C(C)(C)C)CC2)c2nc(-c3ccc([N+](=O)[O-])cc3)cn2CCCC)cc1. The molecular weight excluding hydrogens is 552 g/mol. The van der Waals surface area contributed by atoms with Gasteiger partial charge in [-0.1, -0.05) is 59.6 Å². The molecule has 1 saturated carbocycles. The summed E-state index contributed by atoms with van der Waals surface area (Å²) in [5.74, 6) is 2.40. The van der Waals surface area contributed by atoms with Gasteiger partial charge in [0.1, 0.15) is 11.6 Å². The number of unbranched alkanes of at least 4 members (excludes halogenated alkanes) is 2. The Kier molecular flexibility index (Phi) is 11.6. The smallest absolute Gasteiger partial charge is 0.269 e. The van der Waals surface area contributed by atoms with E-state index < -0.39 is 4.92 Å². The minimum Gasteiger partial charge on any atom is -0.494 e. The second kappa shape index (κ2) is 15.4. The molecule has 44 heavy (non-hydrogen) atoms. The molecule has 0 aliphatic heterocycles. The van der Waals surface area contributed by atoms with Crippen LogP contribution in [0.25, 0.3) is 11.3 Å². The van der Waals surface area contributed by atoms with E-state index >= 15 is 0 Å². The Morgan fingerprint density at radius 1 is 1.02 bits per heavy atom. The zero-order valence-electron chi connectivity index (χ0n) is 27.2. The van der Waals surface area contributed by atoms with Crippen LogP contribution < -0.4 is 10.1 Å². The maximum Gasteiger partial charge on any atom is 0.269 e. The third-order valence-electron chi connectivity index (χ3n) is 9.01. The number of nitro benzene ring substituents is 1. The van der Waals surface area contributed by atoms with E-state index in [9.17, 15) is 14.9 Å². The van der Waals surface area contributed by atoms with Crippen molar-refractivity contribution in [2.45, 2.75) is 105 Å². The highest BCUT2D eigenvalue weighted by atomic mass is 16.6. The number of nitrogens with zero attached hydrogens (tertiary/aromatic N) is 3. The molecule has 0 spiro atoms. The number of non-ortho nitro benzene ring substituents is 1. The fourth-order valence-corrected chi connectivity index (χ4v) is 6.12. The number of ether oxygens (including phenoxy) is 1. The van der Waals surface area contributed by atoms with Crippen molar-refractivity contribution in [2.75, 3.05) is 6.61 Å². The lowest BCUT2D eigenvalue weighted by molar-refractivity contribution is -0.384. The number of carbonyl (C=O) groups is 1. The van der Waals surface area contributed by atoms with Gasteiger partial charge in [-0.25, -0.2) is 4.98 Å². The van der Waals surface area contributed by atoms with Gasteiger partial charge in [-0.2, -0.15) is 0 Å². The molecule has 0 radical (unpaired) electrons. The van der Waals surface area contributed by atoms with Crippen molar-refractivity contribution < 1.29 is 14.5 Å². The quantitative estimate of drug-likeness (QED) is 0.113. The second-order valence-corrected chi connectivity index (χ2v) is 13.4. The Labute approximate surface area is 262 Å². The molecule has 1 N–H and O–H groups in total. The van der Waals surface area contributed by atoms with Crippen LogP contribution in [-0.2, 0) is 17.8 Å². The van der Waals surface area contributed by atoms with Gasteiger partial charge in [-0.15, -0.1) is 0 Å². The summed E-state index contributed by atoms with van der Waals surface area (Å²) >= 11 is 0. The number of rotatable bonds is 14. The van der Waals surface area contributed by atoms with E-state index in [-0.39, 0.29) is 29.0 Å². The van der Waals surface area contributed by atoms with Crippen LogP contribution in [0.1, 0.15) is 103 Å². The standard InChI is InChI=1S/C36H50N4O4/c1-6-8-22-39-25-33(27-14-18-30(19-15-27)40(42)43)37-34(39)32(24-26-10-20-31(21-11-26)44-23-9-7-2)38-35(41)28-12-16-29(17-13-28)36(3,4)5/h10-11,14-15,18-21,25,28-29,32H,6-9,12-13,16-17,22-24H2,1-5H3,(H,38,41)/t28?,29?,32-/m0/s1. The lowest BCUT2D eigenvalue weighted by Crippen LogP contribution is -2.38. The zero-order chi connectivity index (χ0) is 31.7. The van der Waals surface area contributed by atoms with Crippen LogP contribution in [0, 0.1) is 27.4 Å². The maximum atomic E-state index is 13.8. The van der Waals surface area contributed by atoms with Gasteiger partial charge < -0.3 is 14.6 Å². The van der Waals surface area contributed by atoms with Crippen molar-refractivity contribution in [1.29, 1.82) is 0 Å². The summed E-state index contributed by atoms with van der Waals surface area (Å²) in [6, 6.07) is 14.3. The first-order valence-electron chi connectivity index (χ1n) is 16.4. The number of amides is 1. The molecule has 1 aromatic heterocycles. The van der Waals surface area contributed by atoms with Crippen molar-refractivity contribution in [3.63, 3.8) is 0 Å². The number of hydrogen-bond donors (Lipinski definition) is 1. The Morgan fingerprint density at radius 3 is 2.27 bits per heavy atom. The number of carbonyl (C=O) groups excluding carboxylic acids is 1. The van der Waals surface area contributed by atoms with E-state index in [2.05, 4.69) is 56.6 Å². The molecule has 1 atom stereocenters. The molecule has 1 aliphatic carbocycles. The first-order valence-corrected chi connectivity index (χ1v) is 16.4. The largest absolute Gasteiger partial charge is 0.494 e. The Balaban J connectivity index is 1.62. The van der Waals surface area contributed by atoms with E-state index in [0.717, 1.165) is 86.3 Å². The number of aromatic nitrogens is 2. The van der Waals surface area contributed by atoms with E-state index in [0.29, 0.717) is 18.9 Å². The lowest BCUT2D eigenvalue weighted by Gasteiger charge is -2.36. The second-order valence-electron chi connectivity index (χ2n) is 13.4. The topological polar surface area (TPSA) is 99.3 Å². The minimum absolute atomic E-state index is 0.00126. The number of nitro groups is 1. The van der Waals surface area contributed by atoms with Gasteiger partial charge in [0.05, 0.1) is 23.3 Å². The highest BCUT2D eigenvalue weighted by Gasteiger charge is 2.33. The summed E-state index contributed by atoms with van der Waals surface area (Å²) in [6.07, 6.45) is 10.7. The molecule has 8 heteroatoms. The van der Waals surface area contributed by atoms with Crippen molar-refractivity contribution >= 4 is 11.6 Å². The van der Waals surface area contributed by atoms with E-state index in [1.807, 2.05) is 18.3 Å². The van der Waals surface area contributed by atoms with Gasteiger partial charge in [0, 0.05) is 36.4 Å². The van der Waals surface area contributed by atoms with Crippen LogP contribution >= 0.6 is 0 Å². The van der Waals surface area contributed by atoms with Gasteiger partial charge in [-0.05, 0) is 86.1 Å². The number of aryl methyl sites for hydroxylation is 1. The maximum absolute atomic E-state index is 13.8. The monoisotopic (exact) mass is 602 g/mol. The van der Waals surface area contributed by atoms with Crippen LogP contribution in [0.5, 0.6) is 5.75 Å². The van der Waals surface area contributed by atoms with Gasteiger partial charge in [-0.3, -0.25) is 14.9 Å². The number of benzene rings is 2. The molecule has 0 unspecified atom stereocenters. The Morgan fingerprint density at radius 2 is 1.68 bits per heavy atom. The van der Waals surface area contributed by atoms with Crippen LogP contribution in [0.4, 0.5) is 5.69 Å².